The van der Waals surface area contributed by atoms with Crippen molar-refractivity contribution >= 4 is 0 Å². The second kappa shape index (κ2) is 10.1. The van der Waals surface area contributed by atoms with E-state index in [1.54, 1.807) is 0 Å². The van der Waals surface area contributed by atoms with Crippen LogP contribution in [0.4, 0.5) is 114 Å². The molecule has 0 saturated carbocycles. The Kier molecular flexibility index (Phi) is 9.67. The Morgan fingerprint density at radius 1 is 0.357 bits per heavy atom. The molecule has 0 aliphatic heterocycles. The number of hydrogen-bond donors (Lipinski definition) is 0. The van der Waals surface area contributed by atoms with Gasteiger partial charge in [0, 0.05) is 6.42 Å². The van der Waals surface area contributed by atoms with Crippen molar-refractivity contribution in [3.05, 3.63) is 6.43 Å². The van der Waals surface area contributed by atoms with Crippen LogP contribution in [0, 0.1) is 6.43 Å². The standard InChI is InChI=1S/C16H7F26/c1-2-3-5(19,20)7(22,23)10(28,29)11(30,31)8(24,25)6(21,4(17)18)9(26,27)12(32,33)13(34,35)14(36,37)15(38,39)16(40,41)42/h2-3H2,1H3. The van der Waals surface area contributed by atoms with E-state index in [1.807, 2.05) is 0 Å². The molecule has 0 N–H and O–H groups in total. The molecule has 0 heterocycles. The van der Waals surface area contributed by atoms with Crippen LogP contribution in [0.1, 0.15) is 19.8 Å². The highest BCUT2D eigenvalue weighted by molar-refractivity contribution is 5.26. The molecule has 0 nitrogen and oxygen atoms in total. The fraction of sp³-hybridized carbons (Fsp3) is 0.938. The van der Waals surface area contributed by atoms with Crippen LogP contribution in [-0.4, -0.2) is 71.1 Å². The van der Waals surface area contributed by atoms with Gasteiger partial charge in [-0.3, -0.25) is 0 Å². The molecule has 0 aromatic carbocycles. The van der Waals surface area contributed by atoms with Gasteiger partial charge < -0.3 is 0 Å². The van der Waals surface area contributed by atoms with Crippen LogP contribution in [0.25, 0.3) is 0 Å². The lowest BCUT2D eigenvalue weighted by Gasteiger charge is -2.47. The molecule has 1 radical (unpaired) electrons. The summed E-state index contributed by atoms with van der Waals surface area (Å²) in [7, 11) is 0. The van der Waals surface area contributed by atoms with Crippen LogP contribution in [0.15, 0.2) is 0 Å². The molecule has 0 fully saturated rings. The lowest BCUT2D eigenvalue weighted by molar-refractivity contribution is -0.468. The summed E-state index contributed by atoms with van der Waals surface area (Å²) in [5.74, 6) is -89.2. The molecule has 42 heavy (non-hydrogen) atoms. The largest absolute Gasteiger partial charge is 0.460 e. The molecule has 0 amide bonds. The predicted octanol–water partition coefficient (Wildman–Crippen LogP) is 9.84. The SMILES string of the molecule is CCCC(F)(F)C(F)(F)C(F)(F)C(F)(F)C(F)(F)C(F)([C](F)F)C(F)(F)C(F)(F)C(F)(F)C(F)(F)C(F)(F)C(F)(F)F. The fourth-order valence-corrected chi connectivity index (χ4v) is 2.73. The highest BCUT2D eigenvalue weighted by Gasteiger charge is 3.00. The van der Waals surface area contributed by atoms with E-state index in [-0.39, 0.29) is 0 Å². The first-order chi connectivity index (χ1) is 17.8. The molecule has 26 heteroatoms. The molecule has 0 spiro atoms. The maximum atomic E-state index is 14.3. The van der Waals surface area contributed by atoms with Gasteiger partial charge in [0.2, 0.25) is 0 Å². The van der Waals surface area contributed by atoms with Gasteiger partial charge in [-0.1, -0.05) is 13.3 Å². The third-order valence-corrected chi connectivity index (χ3v) is 5.27. The van der Waals surface area contributed by atoms with E-state index in [9.17, 15) is 114 Å². The molecule has 0 aromatic heterocycles. The van der Waals surface area contributed by atoms with Gasteiger partial charge in [0.05, 0.1) is 0 Å². The van der Waals surface area contributed by atoms with Gasteiger partial charge in [-0.25, -0.2) is 4.39 Å². The Bertz CT molecular complexity index is 954. The zero-order valence-electron chi connectivity index (χ0n) is 18.7. The summed E-state index contributed by atoms with van der Waals surface area (Å²) in [6.07, 6.45) is -18.8. The fourth-order valence-electron chi connectivity index (χ4n) is 2.73. The van der Waals surface area contributed by atoms with Crippen LogP contribution in [0.3, 0.4) is 0 Å². The van der Waals surface area contributed by atoms with Crippen LogP contribution >= 0.6 is 0 Å². The summed E-state index contributed by atoms with van der Waals surface area (Å²) in [6, 6.07) is 0. The van der Waals surface area contributed by atoms with Gasteiger partial charge in [0.1, 0.15) is 0 Å². The Morgan fingerprint density at radius 2 is 0.595 bits per heavy atom. The van der Waals surface area contributed by atoms with Crippen molar-refractivity contribution in [1.82, 2.24) is 0 Å². The molecule has 0 bridgehead atoms. The van der Waals surface area contributed by atoms with E-state index >= 15 is 0 Å². The minimum Gasteiger partial charge on any atom is -0.223 e. The van der Waals surface area contributed by atoms with Crippen molar-refractivity contribution in [2.75, 3.05) is 0 Å². The predicted molar refractivity (Wildman–Crippen MR) is 79.7 cm³/mol. The van der Waals surface area contributed by atoms with Gasteiger partial charge >= 0.3 is 77.5 Å². The molecule has 0 aliphatic rings. The average Bonchev–Trinajstić information content (AvgIpc) is 2.75. The van der Waals surface area contributed by atoms with Crippen molar-refractivity contribution in [2.45, 2.75) is 90.8 Å². The summed E-state index contributed by atoms with van der Waals surface area (Å²) in [5, 5.41) is 0. The summed E-state index contributed by atoms with van der Waals surface area (Å²) < 4.78 is 347. The Hall–Kier alpha value is -1.82. The number of rotatable bonds is 13. The maximum Gasteiger partial charge on any atom is 0.460 e. The van der Waals surface area contributed by atoms with Gasteiger partial charge in [0.15, 0.2) is 0 Å². The van der Waals surface area contributed by atoms with Crippen molar-refractivity contribution in [2.24, 2.45) is 0 Å². The van der Waals surface area contributed by atoms with E-state index in [0.717, 1.165) is 0 Å². The van der Waals surface area contributed by atoms with Crippen LogP contribution in [0.2, 0.25) is 0 Å². The van der Waals surface area contributed by atoms with Crippen molar-refractivity contribution in [3.63, 3.8) is 0 Å². The molecule has 0 aliphatic carbocycles. The van der Waals surface area contributed by atoms with E-state index in [0.29, 0.717) is 6.92 Å². The minimum atomic E-state index is -9.70. The Balaban J connectivity index is 7.69. The zero-order valence-corrected chi connectivity index (χ0v) is 18.7. The topological polar surface area (TPSA) is 0 Å². The quantitative estimate of drug-likeness (QED) is 0.169. The van der Waals surface area contributed by atoms with Crippen molar-refractivity contribution < 1.29 is 114 Å². The van der Waals surface area contributed by atoms with Crippen LogP contribution < -0.4 is 0 Å². The van der Waals surface area contributed by atoms with Gasteiger partial charge in [-0.2, -0.15) is 110 Å². The van der Waals surface area contributed by atoms with Crippen LogP contribution in [-0.2, 0) is 0 Å². The van der Waals surface area contributed by atoms with Crippen molar-refractivity contribution in [3.8, 4) is 0 Å². The highest BCUT2D eigenvalue weighted by Crippen LogP contribution is 2.69. The summed E-state index contributed by atoms with van der Waals surface area (Å²) >= 11 is 0. The first-order valence-electron chi connectivity index (χ1n) is 9.47. The number of hydrogen-bond acceptors (Lipinski definition) is 0. The maximum absolute atomic E-state index is 14.3. The van der Waals surface area contributed by atoms with E-state index < -0.39 is 90.3 Å². The van der Waals surface area contributed by atoms with Gasteiger partial charge in [-0.15, -0.1) is 0 Å². The highest BCUT2D eigenvalue weighted by atomic mass is 19.4. The second-order valence-electron chi connectivity index (χ2n) is 8.04. The molecular weight excluding hydrogens is 686 g/mol. The third-order valence-electron chi connectivity index (χ3n) is 5.27. The number of halogens is 26. The lowest BCUT2D eigenvalue weighted by atomic mass is 9.77. The summed E-state index contributed by atoms with van der Waals surface area (Å²) in [6.45, 7) is 0.357. The molecule has 0 aromatic rings. The van der Waals surface area contributed by atoms with E-state index in [4.69, 9.17) is 0 Å². The zero-order chi connectivity index (χ0) is 35.0. The first-order valence-corrected chi connectivity index (χ1v) is 9.47. The van der Waals surface area contributed by atoms with Gasteiger partial charge in [0.25, 0.3) is 0 Å². The van der Waals surface area contributed by atoms with E-state index in [2.05, 4.69) is 0 Å². The van der Waals surface area contributed by atoms with E-state index in [1.165, 1.54) is 0 Å². The Morgan fingerprint density at radius 3 is 0.833 bits per heavy atom. The number of alkyl halides is 24. The second-order valence-corrected chi connectivity index (χ2v) is 8.04. The first kappa shape index (κ1) is 40.2. The summed E-state index contributed by atoms with van der Waals surface area (Å²) in [5.41, 5.74) is -9.44. The third kappa shape index (κ3) is 4.59. The monoisotopic (exact) mass is 693 g/mol. The lowest BCUT2D eigenvalue weighted by Crippen LogP contribution is -2.80. The average molecular weight is 693 g/mol. The molecule has 0 saturated heterocycles. The van der Waals surface area contributed by atoms with Gasteiger partial charge in [-0.05, 0) is 0 Å². The molecular formula is C16H7F26. The van der Waals surface area contributed by atoms with Crippen LogP contribution in [0.5, 0.6) is 0 Å². The molecule has 253 valence electrons. The smallest absolute Gasteiger partial charge is 0.223 e. The summed E-state index contributed by atoms with van der Waals surface area (Å²) in [4.78, 5) is 0. The minimum absolute atomic E-state index is 0.357. The normalized spacial score (nSPS) is 18.0. The molecule has 1 atom stereocenters. The molecule has 1 unspecified atom stereocenters. The Labute approximate surface area is 213 Å². The van der Waals surface area contributed by atoms with Crippen molar-refractivity contribution in [1.29, 1.82) is 0 Å². The molecule has 0 rings (SSSR count).